The van der Waals surface area contributed by atoms with E-state index < -0.39 is 15.8 Å². The standard InChI is InChI=1S/C19H19FN2O4S/c1-12(24)22-17-10-21(27(25,26)14-8-6-13(20)7-9-14)16-5-3-2-4-15(16)19(17)18(22)11-23/h2-9,17-19,23H,10-11H2,1H3/t17-,18-,19+/m1/s1. The van der Waals surface area contributed by atoms with Crippen LogP contribution in [0.3, 0.4) is 0 Å². The molecule has 1 saturated heterocycles. The van der Waals surface area contributed by atoms with Crippen LogP contribution in [0, 0.1) is 5.82 Å². The Kier molecular flexibility index (Phi) is 4.20. The van der Waals surface area contributed by atoms with Gasteiger partial charge in [0.15, 0.2) is 0 Å². The number of halogens is 1. The SMILES string of the molecule is CC(=O)N1[C@H](CO)[C@H]2c3ccccc3N(S(=O)(=O)c3ccc(F)cc3)C[C@H]21. The number of nitrogens with zero attached hydrogens (tertiary/aromatic N) is 2. The van der Waals surface area contributed by atoms with Crippen LogP contribution in [0.15, 0.2) is 53.4 Å². The van der Waals surface area contributed by atoms with Gasteiger partial charge in [0.2, 0.25) is 5.91 Å². The van der Waals surface area contributed by atoms with Crippen LogP contribution in [0.2, 0.25) is 0 Å². The van der Waals surface area contributed by atoms with Gasteiger partial charge in [-0.05, 0) is 35.9 Å². The lowest BCUT2D eigenvalue weighted by Gasteiger charge is -2.58. The van der Waals surface area contributed by atoms with Gasteiger partial charge in [0.25, 0.3) is 10.0 Å². The van der Waals surface area contributed by atoms with Crippen molar-refractivity contribution in [2.24, 2.45) is 0 Å². The van der Waals surface area contributed by atoms with Crippen LogP contribution >= 0.6 is 0 Å². The van der Waals surface area contributed by atoms with E-state index in [1.807, 2.05) is 12.1 Å². The maximum absolute atomic E-state index is 13.2. The van der Waals surface area contributed by atoms with Crippen LogP contribution in [0.1, 0.15) is 18.4 Å². The summed E-state index contributed by atoms with van der Waals surface area (Å²) in [6.45, 7) is 1.33. The van der Waals surface area contributed by atoms with Crippen molar-refractivity contribution in [2.75, 3.05) is 17.5 Å². The second-order valence-electron chi connectivity index (χ2n) is 6.82. The monoisotopic (exact) mass is 390 g/mol. The first-order valence-corrected chi connectivity index (χ1v) is 10.1. The summed E-state index contributed by atoms with van der Waals surface area (Å²) in [6, 6.07) is 11.1. The van der Waals surface area contributed by atoms with E-state index in [9.17, 15) is 22.7 Å². The van der Waals surface area contributed by atoms with E-state index in [1.54, 1.807) is 17.0 Å². The molecule has 2 heterocycles. The fourth-order valence-corrected chi connectivity index (χ4v) is 5.77. The summed E-state index contributed by atoms with van der Waals surface area (Å²) in [6.07, 6.45) is 0. The van der Waals surface area contributed by atoms with Gasteiger partial charge in [-0.2, -0.15) is 0 Å². The van der Waals surface area contributed by atoms with Crippen molar-refractivity contribution in [1.29, 1.82) is 0 Å². The van der Waals surface area contributed by atoms with Gasteiger partial charge < -0.3 is 10.0 Å². The van der Waals surface area contributed by atoms with Crippen LogP contribution in [0.5, 0.6) is 0 Å². The number of fused-ring (bicyclic) bond motifs is 3. The Morgan fingerprint density at radius 1 is 1.19 bits per heavy atom. The van der Waals surface area contributed by atoms with Gasteiger partial charge in [-0.15, -0.1) is 0 Å². The molecule has 1 amide bonds. The second kappa shape index (κ2) is 6.31. The van der Waals surface area contributed by atoms with E-state index in [1.165, 1.54) is 23.4 Å². The molecule has 0 unspecified atom stereocenters. The van der Waals surface area contributed by atoms with Crippen molar-refractivity contribution in [3.63, 3.8) is 0 Å². The molecule has 1 N–H and O–H groups in total. The number of hydrogen-bond acceptors (Lipinski definition) is 4. The number of likely N-dealkylation sites (tertiary alicyclic amines) is 1. The molecule has 6 nitrogen and oxygen atoms in total. The molecule has 27 heavy (non-hydrogen) atoms. The lowest BCUT2D eigenvalue weighted by molar-refractivity contribution is -0.147. The molecule has 0 bridgehead atoms. The molecule has 2 aromatic rings. The first-order chi connectivity index (χ1) is 12.9. The number of carbonyl (C=O) groups is 1. The predicted molar refractivity (Wildman–Crippen MR) is 97.3 cm³/mol. The number of sulfonamides is 1. The molecule has 1 fully saturated rings. The largest absolute Gasteiger partial charge is 0.394 e. The van der Waals surface area contributed by atoms with Gasteiger partial charge in [-0.3, -0.25) is 9.10 Å². The summed E-state index contributed by atoms with van der Waals surface area (Å²) in [5.41, 5.74) is 1.32. The number of rotatable bonds is 3. The zero-order valence-electron chi connectivity index (χ0n) is 14.6. The highest BCUT2D eigenvalue weighted by Crippen LogP contribution is 2.49. The number of amides is 1. The normalized spacial score (nSPS) is 24.0. The second-order valence-corrected chi connectivity index (χ2v) is 8.68. The Hall–Kier alpha value is -2.45. The summed E-state index contributed by atoms with van der Waals surface area (Å²) < 4.78 is 40.9. The van der Waals surface area contributed by atoms with E-state index in [-0.39, 0.29) is 42.0 Å². The highest BCUT2D eigenvalue weighted by Gasteiger charge is 2.55. The first kappa shape index (κ1) is 17.9. The molecule has 2 aliphatic heterocycles. The molecule has 0 saturated carbocycles. The smallest absolute Gasteiger partial charge is 0.264 e. The molecule has 4 rings (SSSR count). The van der Waals surface area contributed by atoms with Crippen molar-refractivity contribution >= 4 is 21.6 Å². The molecular formula is C19H19FN2O4S. The third-order valence-corrected chi connectivity index (χ3v) is 7.21. The van der Waals surface area contributed by atoms with E-state index in [0.29, 0.717) is 5.69 Å². The maximum atomic E-state index is 13.2. The Labute approximate surface area is 156 Å². The van der Waals surface area contributed by atoms with Crippen LogP contribution in [-0.2, 0) is 14.8 Å². The van der Waals surface area contributed by atoms with E-state index in [2.05, 4.69) is 0 Å². The number of carbonyl (C=O) groups excluding carboxylic acids is 1. The Morgan fingerprint density at radius 2 is 1.85 bits per heavy atom. The lowest BCUT2D eigenvalue weighted by atomic mass is 9.72. The van der Waals surface area contributed by atoms with Gasteiger partial charge in [-0.1, -0.05) is 18.2 Å². The third-order valence-electron chi connectivity index (χ3n) is 5.41. The van der Waals surface area contributed by atoms with Crippen LogP contribution < -0.4 is 4.31 Å². The average molecular weight is 390 g/mol. The van der Waals surface area contributed by atoms with Gasteiger partial charge in [-0.25, -0.2) is 12.8 Å². The number of benzene rings is 2. The van der Waals surface area contributed by atoms with Gasteiger partial charge in [0, 0.05) is 12.8 Å². The predicted octanol–water partition coefficient (Wildman–Crippen LogP) is 1.71. The minimum atomic E-state index is -3.92. The lowest BCUT2D eigenvalue weighted by Crippen LogP contribution is -2.70. The zero-order chi connectivity index (χ0) is 19.3. The summed E-state index contributed by atoms with van der Waals surface area (Å²) in [4.78, 5) is 13.6. The summed E-state index contributed by atoms with van der Waals surface area (Å²) >= 11 is 0. The van der Waals surface area contributed by atoms with Crippen LogP contribution in [0.4, 0.5) is 10.1 Å². The highest BCUT2D eigenvalue weighted by atomic mass is 32.2. The van der Waals surface area contributed by atoms with Crippen molar-refractivity contribution in [3.8, 4) is 0 Å². The molecular weight excluding hydrogens is 371 g/mol. The van der Waals surface area contributed by atoms with Crippen LogP contribution in [0.25, 0.3) is 0 Å². The molecule has 2 aromatic carbocycles. The van der Waals surface area contributed by atoms with Gasteiger partial charge in [0.1, 0.15) is 5.82 Å². The molecule has 0 aliphatic carbocycles. The van der Waals surface area contributed by atoms with E-state index in [4.69, 9.17) is 0 Å². The van der Waals surface area contributed by atoms with Crippen molar-refractivity contribution < 1.29 is 22.7 Å². The Morgan fingerprint density at radius 3 is 2.48 bits per heavy atom. The van der Waals surface area contributed by atoms with Crippen LogP contribution in [-0.4, -0.2) is 49.6 Å². The van der Waals surface area contributed by atoms with E-state index >= 15 is 0 Å². The number of aliphatic hydroxyl groups excluding tert-OH is 1. The van der Waals surface area contributed by atoms with E-state index in [0.717, 1.165) is 17.7 Å². The molecule has 2 aliphatic rings. The number of hydrogen-bond donors (Lipinski definition) is 1. The fourth-order valence-electron chi connectivity index (χ4n) is 4.26. The molecule has 3 atom stereocenters. The number of para-hydroxylation sites is 1. The summed E-state index contributed by atoms with van der Waals surface area (Å²) in [5, 5.41) is 9.74. The van der Waals surface area contributed by atoms with Crippen molar-refractivity contribution in [2.45, 2.75) is 29.8 Å². The third kappa shape index (κ3) is 2.62. The minimum absolute atomic E-state index is 0.00967. The summed E-state index contributed by atoms with van der Waals surface area (Å²) in [7, 11) is -3.92. The van der Waals surface area contributed by atoms with Gasteiger partial charge >= 0.3 is 0 Å². The molecule has 0 spiro atoms. The van der Waals surface area contributed by atoms with Crippen molar-refractivity contribution in [3.05, 3.63) is 59.9 Å². The summed E-state index contributed by atoms with van der Waals surface area (Å²) in [5.74, 6) is -0.829. The van der Waals surface area contributed by atoms with Gasteiger partial charge in [0.05, 0.1) is 35.8 Å². The minimum Gasteiger partial charge on any atom is -0.394 e. The van der Waals surface area contributed by atoms with Crippen molar-refractivity contribution in [1.82, 2.24) is 4.90 Å². The molecule has 0 aromatic heterocycles. The quantitative estimate of drug-likeness (QED) is 0.866. The fraction of sp³-hybridized carbons (Fsp3) is 0.316. The molecule has 142 valence electrons. The Balaban J connectivity index is 1.81. The number of anilines is 1. The topological polar surface area (TPSA) is 77.9 Å². The number of aliphatic hydroxyl groups is 1. The average Bonchev–Trinajstić information content (AvgIpc) is 2.62. The zero-order valence-corrected chi connectivity index (χ0v) is 15.4. The molecule has 8 heteroatoms. The highest BCUT2D eigenvalue weighted by molar-refractivity contribution is 7.92. The first-order valence-electron chi connectivity index (χ1n) is 8.63. The Bertz CT molecular complexity index is 993. The maximum Gasteiger partial charge on any atom is 0.264 e. The molecule has 0 radical (unpaired) electrons.